The van der Waals surface area contributed by atoms with Crippen molar-refractivity contribution in [3.05, 3.63) is 519 Å². The number of fused-ring (bicyclic) bond motifs is 48. The highest BCUT2D eigenvalue weighted by Crippen LogP contribution is 2.66. The van der Waals surface area contributed by atoms with Crippen LogP contribution in [0.15, 0.2) is 340 Å². The third-order valence-electron chi connectivity index (χ3n) is 34.3. The maximum atomic E-state index is 4.98. The van der Waals surface area contributed by atoms with Crippen molar-refractivity contribution in [1.82, 2.24) is 19.9 Å². The zero-order valence-corrected chi connectivity index (χ0v) is 77.2. The summed E-state index contributed by atoms with van der Waals surface area (Å²) in [6.45, 7) is 0. The van der Waals surface area contributed by atoms with E-state index in [9.17, 15) is 0 Å². The zero-order valence-electron chi connectivity index (χ0n) is 77.2. The van der Waals surface area contributed by atoms with Crippen molar-refractivity contribution in [2.45, 2.75) is 103 Å². The van der Waals surface area contributed by atoms with Gasteiger partial charge in [0.25, 0.3) is 0 Å². The fourth-order valence-corrected chi connectivity index (χ4v) is 28.6. The number of nitrogens with zero attached hydrogens (tertiary/aromatic N) is 8. The van der Waals surface area contributed by atoms with Gasteiger partial charge in [-0.25, -0.2) is 4.98 Å². The largest absolute Gasteiger partial charge is 0.309 e. The molecule has 36 rings (SSSR count). The molecule has 0 unspecified atom stereocenters. The second kappa shape index (κ2) is 28.5. The maximum absolute atomic E-state index is 4.98. The molecule has 12 heterocycles. The molecule has 656 valence electrons. The smallest absolute Gasteiger partial charge is 0.141 e. The average molecular weight is 1790 g/mol. The van der Waals surface area contributed by atoms with Gasteiger partial charge in [-0.15, -0.1) is 0 Å². The van der Waals surface area contributed by atoms with Gasteiger partial charge >= 0.3 is 0 Å². The number of benzene rings is 16. The predicted molar refractivity (Wildman–Crippen MR) is 564 cm³/mol. The monoisotopic (exact) mass is 1780 g/mol. The van der Waals surface area contributed by atoms with E-state index < -0.39 is 0 Å². The van der Waals surface area contributed by atoms with E-state index >= 15 is 0 Å². The van der Waals surface area contributed by atoms with Crippen LogP contribution in [0.1, 0.15) is 178 Å². The lowest BCUT2D eigenvalue weighted by molar-refractivity contribution is 0.956. The van der Waals surface area contributed by atoms with Gasteiger partial charge in [-0.1, -0.05) is 249 Å². The van der Waals surface area contributed by atoms with Gasteiger partial charge in [0.2, 0.25) is 0 Å². The third-order valence-corrected chi connectivity index (χ3v) is 34.3. The molecule has 0 atom stereocenters. The Morgan fingerprint density at radius 2 is 0.450 bits per heavy atom. The van der Waals surface area contributed by atoms with Gasteiger partial charge < -0.3 is 14.7 Å². The topological polar surface area (TPSA) is 64.5 Å². The maximum Gasteiger partial charge on any atom is 0.141 e. The van der Waals surface area contributed by atoms with E-state index in [0.717, 1.165) is 109 Å². The third kappa shape index (κ3) is 10.6. The van der Waals surface area contributed by atoms with Gasteiger partial charge in [0, 0.05) is 105 Å². The van der Waals surface area contributed by atoms with Crippen molar-refractivity contribution in [2.75, 3.05) is 19.6 Å². The highest BCUT2D eigenvalue weighted by atomic mass is 15.2. The minimum Gasteiger partial charge on any atom is -0.309 e. The molecule has 16 aliphatic rings. The lowest BCUT2D eigenvalue weighted by atomic mass is 9.81. The van der Waals surface area contributed by atoms with E-state index in [1.165, 1.54) is 330 Å². The number of rotatable bonds is 0. The van der Waals surface area contributed by atoms with Crippen LogP contribution in [0.3, 0.4) is 0 Å². The minimum atomic E-state index is 0.910. The van der Waals surface area contributed by atoms with Crippen molar-refractivity contribution in [3.63, 3.8) is 0 Å². The van der Waals surface area contributed by atoms with Crippen molar-refractivity contribution in [1.29, 1.82) is 0 Å². The molecule has 8 heteroatoms. The van der Waals surface area contributed by atoms with Gasteiger partial charge in [0.15, 0.2) is 0 Å². The Balaban J connectivity index is 0.0000000829. The van der Waals surface area contributed by atoms with E-state index in [1.54, 1.807) is 0 Å². The Kier molecular flexibility index (Phi) is 15.6. The summed E-state index contributed by atoms with van der Waals surface area (Å²) >= 11 is 0. The molecule has 16 aromatic carbocycles. The highest BCUT2D eigenvalue weighted by Gasteiger charge is 2.47. The van der Waals surface area contributed by atoms with Gasteiger partial charge in [-0.3, -0.25) is 19.9 Å². The Labute approximate surface area is 812 Å². The van der Waals surface area contributed by atoms with Crippen LogP contribution in [-0.4, -0.2) is 19.9 Å². The standard InChI is InChI=1S/4C33H22N2/c1-3-9-25-20(7-1)16-28-27(25)18-24-15-22-12-11-21-14-19-6-2-4-10-26(19)30(21)32(22)35-31(24)29(28)17-23-8-5-13-34-33(23)35;1-3-8-24-20(7-1)16-27-26(24)17-23-15-22-12-11-21-14-19-6-2-4-9-25(19)31(21)33(22)35-30-10-5-13-34-29(30)18-28(27)32(23)35;1-3-7-25-20(6-1)15-28-27(25)17-24-14-23-10-9-22-13-19-5-2-4-8-26(19)31(22)33(23)35-30-18-34-12-11-21(30)16-29(28)32(24)35;1-3-7-25-20(6-1)15-28-27(25)16-23-14-22-10-9-21-13-19-5-2-4-8-26(19)31(21)33(22)35-30-11-12-34-18-24(30)17-29(28)32(23)35/h1-13,18H,14-17H2;1-13,17H,14-16,18H2;1-12,17-18H,13-16H2;1-12,16,18H,13-15,17H2. The van der Waals surface area contributed by atoms with Crippen LogP contribution >= 0.6 is 0 Å². The SMILES string of the molecule is c1ccc2c(c1)Cc1c-2cc2c3c1Cc1cccnc1N3c1c(ccc3c1-c1ccccc1C3)C2.c1ccc2c(c1)Cc1c-2cc2c3c1Cc1ccncc1N3c1c(ccc3c1-c1ccccc1C3)C2.c1ccc2c(c1)Cc1c-2cc2c3c1Cc1cnccc1N3c1c(ccc3c1-c1ccccc1C3)C2.c1ccc2c(c1)Cc1c-2cc2c3c1Cc1ncccc1N3c1c(ccc3c1-c1ccccc1C3)C2. The van der Waals surface area contributed by atoms with Gasteiger partial charge in [-0.05, 0) is 345 Å². The number of pyridine rings is 4. The van der Waals surface area contributed by atoms with Crippen molar-refractivity contribution >= 4 is 68.4 Å². The van der Waals surface area contributed by atoms with Crippen LogP contribution in [0.2, 0.25) is 0 Å². The Morgan fingerprint density at radius 3 is 0.871 bits per heavy atom. The van der Waals surface area contributed by atoms with Crippen LogP contribution in [0.25, 0.3) is 89.0 Å². The van der Waals surface area contributed by atoms with E-state index in [0.29, 0.717) is 0 Å². The second-order valence-corrected chi connectivity index (χ2v) is 41.4. The summed E-state index contributed by atoms with van der Waals surface area (Å²) in [4.78, 5) is 29.4. The lowest BCUT2D eigenvalue weighted by Gasteiger charge is -2.41. The number of hydrogen-bond acceptors (Lipinski definition) is 8. The van der Waals surface area contributed by atoms with Gasteiger partial charge in [-0.2, -0.15) is 0 Å². The predicted octanol–water partition coefficient (Wildman–Crippen LogP) is 30.0. The molecule has 0 bridgehead atoms. The molecular weight excluding hydrogens is 1700 g/mol. The first-order valence-electron chi connectivity index (χ1n) is 50.3. The number of anilines is 12. The van der Waals surface area contributed by atoms with E-state index in [1.807, 2.05) is 24.8 Å². The normalized spacial score (nSPS) is 14.9. The average Bonchev–Trinajstić information content (AvgIpc) is 1.47. The van der Waals surface area contributed by atoms with Crippen molar-refractivity contribution in [3.8, 4) is 89.0 Å². The summed E-state index contributed by atoms with van der Waals surface area (Å²) in [6.07, 6.45) is 27.9. The quantitative estimate of drug-likeness (QED) is 0.149. The summed E-state index contributed by atoms with van der Waals surface area (Å²) in [5.41, 5.74) is 83.7. The van der Waals surface area contributed by atoms with Crippen LogP contribution in [0.4, 0.5) is 68.4 Å². The molecule has 8 aliphatic heterocycles. The molecule has 0 saturated heterocycles. The number of aromatic nitrogens is 4. The minimum absolute atomic E-state index is 0.910. The first-order chi connectivity index (χ1) is 69.4. The molecule has 140 heavy (non-hydrogen) atoms. The summed E-state index contributed by atoms with van der Waals surface area (Å²) < 4.78 is 0. The molecular formula is C132H88N8. The summed E-state index contributed by atoms with van der Waals surface area (Å²) in [5.74, 6) is 1.11. The molecule has 0 spiro atoms. The molecule has 8 aliphatic carbocycles. The van der Waals surface area contributed by atoms with Crippen LogP contribution in [-0.2, 0) is 103 Å². The zero-order chi connectivity index (χ0) is 90.7. The van der Waals surface area contributed by atoms with Crippen molar-refractivity contribution < 1.29 is 0 Å². The summed E-state index contributed by atoms with van der Waals surface area (Å²) in [7, 11) is 0. The van der Waals surface area contributed by atoms with E-state index in [2.05, 4.69) is 345 Å². The highest BCUT2D eigenvalue weighted by molar-refractivity contribution is 6.07. The molecule has 0 fully saturated rings. The fraction of sp³-hybridized carbons (Fsp3) is 0.121. The Bertz CT molecular complexity index is 8090. The van der Waals surface area contributed by atoms with Crippen LogP contribution in [0.5, 0.6) is 0 Å². The summed E-state index contributed by atoms with van der Waals surface area (Å²) in [5, 5.41) is 0. The Morgan fingerprint density at radius 1 is 0.157 bits per heavy atom. The van der Waals surface area contributed by atoms with Gasteiger partial charge in [0.1, 0.15) is 5.82 Å². The fourth-order valence-electron chi connectivity index (χ4n) is 28.6. The first-order valence-corrected chi connectivity index (χ1v) is 50.3. The summed E-state index contributed by atoms with van der Waals surface area (Å²) in [6, 6.07) is 114. The van der Waals surface area contributed by atoms with Gasteiger partial charge in [0.05, 0.1) is 74.5 Å². The lowest BCUT2D eigenvalue weighted by Crippen LogP contribution is -2.27. The van der Waals surface area contributed by atoms with Crippen molar-refractivity contribution in [2.24, 2.45) is 0 Å². The molecule has 20 aromatic rings. The second-order valence-electron chi connectivity index (χ2n) is 41.4. The molecule has 0 N–H and O–H groups in total. The van der Waals surface area contributed by atoms with E-state index in [-0.39, 0.29) is 0 Å². The van der Waals surface area contributed by atoms with E-state index in [4.69, 9.17) is 9.97 Å². The number of hydrogen-bond donors (Lipinski definition) is 0. The first kappa shape index (κ1) is 76.5. The molecule has 0 radical (unpaired) electrons. The van der Waals surface area contributed by atoms with Crippen LogP contribution < -0.4 is 19.6 Å². The van der Waals surface area contributed by atoms with Crippen LogP contribution in [0, 0.1) is 0 Å². The molecule has 0 amide bonds. The Hall–Kier alpha value is -16.7. The molecule has 8 nitrogen and oxygen atoms in total. The molecule has 4 aromatic heterocycles. The molecule has 0 saturated carbocycles.